The molecule has 19 heavy (non-hydrogen) atoms. The fourth-order valence-electron chi connectivity index (χ4n) is 2.27. The summed E-state index contributed by atoms with van der Waals surface area (Å²) in [5.41, 5.74) is 2.89. The minimum absolute atomic E-state index is 0.302. The van der Waals surface area contributed by atoms with E-state index < -0.39 is 8.32 Å². The minimum atomic E-state index is -1.60. The van der Waals surface area contributed by atoms with Gasteiger partial charge in [-0.1, -0.05) is 39.0 Å². The molecule has 0 fully saturated rings. The second-order valence-electron chi connectivity index (χ2n) is 6.97. The van der Waals surface area contributed by atoms with Crippen LogP contribution in [0.2, 0.25) is 18.1 Å². The third kappa shape index (κ3) is 3.21. The molecule has 1 heterocycles. The Labute approximate surface area is 118 Å². The highest BCUT2D eigenvalue weighted by atomic mass is 28.4. The minimum Gasteiger partial charge on any atom is -0.415 e. The number of fused-ring (bicyclic) bond motifs is 1. The molecule has 1 aromatic carbocycles. The second kappa shape index (κ2) is 5.29. The quantitative estimate of drug-likeness (QED) is 0.769. The summed E-state index contributed by atoms with van der Waals surface area (Å²) in [5, 5.41) is 0.302. The molecule has 1 aromatic rings. The first-order valence-corrected chi connectivity index (χ1v) is 10.2. The summed E-state index contributed by atoms with van der Waals surface area (Å²) in [4.78, 5) is 2.46. The third-order valence-corrected chi connectivity index (χ3v) is 9.15. The summed E-state index contributed by atoms with van der Waals surface area (Å²) in [6, 6.07) is 8.74. The molecule has 0 aliphatic carbocycles. The molecule has 3 heteroatoms. The van der Waals surface area contributed by atoms with E-state index in [1.165, 1.54) is 17.7 Å². The molecular weight excluding hydrogens is 250 g/mol. The fraction of sp³-hybridized carbons (Fsp3) is 0.625. The van der Waals surface area contributed by atoms with Crippen LogP contribution in [0, 0.1) is 0 Å². The van der Waals surface area contributed by atoms with Gasteiger partial charge in [0.25, 0.3) is 0 Å². The van der Waals surface area contributed by atoms with Gasteiger partial charge in [-0.3, -0.25) is 0 Å². The van der Waals surface area contributed by atoms with Crippen molar-refractivity contribution in [2.45, 2.75) is 45.3 Å². The average molecular weight is 277 g/mol. The standard InChI is InChI=1S/C16H27NOSi/c1-16(2,3)19(4,5)18-13-12-17-11-10-14-8-6-7-9-15(14)17/h6-9H,10-13H2,1-5H3. The fourth-order valence-corrected chi connectivity index (χ4v) is 3.30. The average Bonchev–Trinajstić information content (AvgIpc) is 2.71. The lowest BCUT2D eigenvalue weighted by Crippen LogP contribution is -2.42. The Balaban J connectivity index is 1.88. The van der Waals surface area contributed by atoms with Gasteiger partial charge < -0.3 is 9.33 Å². The van der Waals surface area contributed by atoms with E-state index in [9.17, 15) is 0 Å². The summed E-state index contributed by atoms with van der Waals surface area (Å²) in [5.74, 6) is 0. The van der Waals surface area contributed by atoms with Crippen LogP contribution in [0.25, 0.3) is 0 Å². The maximum Gasteiger partial charge on any atom is 0.192 e. The Kier molecular flexibility index (Phi) is 4.07. The zero-order valence-corrected chi connectivity index (χ0v) is 14.0. The van der Waals surface area contributed by atoms with Crippen molar-refractivity contribution >= 4 is 14.0 Å². The molecule has 0 unspecified atom stereocenters. The maximum absolute atomic E-state index is 6.27. The van der Waals surface area contributed by atoms with Gasteiger partial charge in [-0.2, -0.15) is 0 Å². The summed E-state index contributed by atoms with van der Waals surface area (Å²) >= 11 is 0. The van der Waals surface area contributed by atoms with Gasteiger partial charge in [-0.25, -0.2) is 0 Å². The van der Waals surface area contributed by atoms with E-state index in [0.29, 0.717) is 5.04 Å². The highest BCUT2D eigenvalue weighted by Gasteiger charge is 2.37. The summed E-state index contributed by atoms with van der Waals surface area (Å²) in [6.45, 7) is 14.5. The molecule has 1 aliphatic rings. The van der Waals surface area contributed by atoms with Crippen LogP contribution >= 0.6 is 0 Å². The van der Waals surface area contributed by atoms with Crippen LogP contribution < -0.4 is 4.90 Å². The number of para-hydroxylation sites is 1. The van der Waals surface area contributed by atoms with Crippen LogP contribution in [0.3, 0.4) is 0 Å². The van der Waals surface area contributed by atoms with Gasteiger partial charge >= 0.3 is 0 Å². The molecule has 2 rings (SSSR count). The molecule has 1 aliphatic heterocycles. The molecular formula is C16H27NOSi. The lowest BCUT2D eigenvalue weighted by Gasteiger charge is -2.36. The van der Waals surface area contributed by atoms with Crippen LogP contribution in [0.1, 0.15) is 26.3 Å². The zero-order valence-electron chi connectivity index (χ0n) is 13.0. The lowest BCUT2D eigenvalue weighted by atomic mass is 10.2. The molecule has 0 atom stereocenters. The lowest BCUT2D eigenvalue weighted by molar-refractivity contribution is 0.295. The van der Waals surface area contributed by atoms with Crippen LogP contribution in [0.4, 0.5) is 5.69 Å². The smallest absolute Gasteiger partial charge is 0.192 e. The number of anilines is 1. The highest BCUT2D eigenvalue weighted by Crippen LogP contribution is 2.36. The molecule has 0 saturated heterocycles. The van der Waals surface area contributed by atoms with Gasteiger partial charge in [0.15, 0.2) is 8.32 Å². The monoisotopic (exact) mass is 277 g/mol. The summed E-state index contributed by atoms with van der Waals surface area (Å²) in [7, 11) is -1.60. The van der Waals surface area contributed by atoms with Crippen molar-refractivity contribution < 1.29 is 4.43 Å². The van der Waals surface area contributed by atoms with Crippen LogP contribution in [-0.2, 0) is 10.8 Å². The number of hydrogen-bond acceptors (Lipinski definition) is 2. The van der Waals surface area contributed by atoms with E-state index in [-0.39, 0.29) is 0 Å². The van der Waals surface area contributed by atoms with Crippen molar-refractivity contribution in [3.05, 3.63) is 29.8 Å². The van der Waals surface area contributed by atoms with Gasteiger partial charge in [-0.15, -0.1) is 0 Å². The van der Waals surface area contributed by atoms with Gasteiger partial charge in [0, 0.05) is 18.8 Å². The summed E-state index contributed by atoms with van der Waals surface area (Å²) in [6.07, 6.45) is 1.18. The number of rotatable bonds is 4. The summed E-state index contributed by atoms with van der Waals surface area (Å²) < 4.78 is 6.27. The van der Waals surface area contributed by atoms with Crippen molar-refractivity contribution in [2.24, 2.45) is 0 Å². The van der Waals surface area contributed by atoms with Crippen molar-refractivity contribution in [1.82, 2.24) is 0 Å². The molecule has 0 spiro atoms. The first kappa shape index (κ1) is 14.6. The predicted molar refractivity (Wildman–Crippen MR) is 85.5 cm³/mol. The van der Waals surface area contributed by atoms with E-state index in [1.807, 2.05) is 0 Å². The number of benzene rings is 1. The van der Waals surface area contributed by atoms with Gasteiger partial charge in [0.1, 0.15) is 0 Å². The highest BCUT2D eigenvalue weighted by molar-refractivity contribution is 6.74. The Morgan fingerprint density at radius 3 is 2.58 bits per heavy atom. The van der Waals surface area contributed by atoms with Gasteiger partial charge in [0.05, 0.1) is 6.61 Å². The molecule has 2 nitrogen and oxygen atoms in total. The van der Waals surface area contributed by atoms with E-state index in [2.05, 4.69) is 63.0 Å². The largest absolute Gasteiger partial charge is 0.415 e. The zero-order chi connectivity index (χ0) is 14.1. The predicted octanol–water partition coefficient (Wildman–Crippen LogP) is 4.07. The molecule has 0 N–H and O–H groups in total. The van der Waals surface area contributed by atoms with Crippen molar-refractivity contribution in [1.29, 1.82) is 0 Å². The Morgan fingerprint density at radius 1 is 1.21 bits per heavy atom. The Hall–Kier alpha value is -0.803. The molecule has 0 bridgehead atoms. The van der Waals surface area contributed by atoms with Crippen molar-refractivity contribution in [3.63, 3.8) is 0 Å². The van der Waals surface area contributed by atoms with Crippen LogP contribution in [0.15, 0.2) is 24.3 Å². The number of nitrogens with zero attached hydrogens (tertiary/aromatic N) is 1. The molecule has 0 aromatic heterocycles. The SMILES string of the molecule is CC(C)(C)[Si](C)(C)OCCN1CCc2ccccc21. The second-order valence-corrected chi connectivity index (χ2v) is 11.8. The normalized spacial score (nSPS) is 15.7. The Bertz CT molecular complexity index is 437. The van der Waals surface area contributed by atoms with Gasteiger partial charge in [0.2, 0.25) is 0 Å². The van der Waals surface area contributed by atoms with Crippen molar-refractivity contribution in [2.75, 3.05) is 24.6 Å². The third-order valence-electron chi connectivity index (χ3n) is 4.61. The maximum atomic E-state index is 6.27. The number of hydrogen-bond donors (Lipinski definition) is 0. The molecule has 106 valence electrons. The first-order chi connectivity index (χ1) is 8.81. The van der Waals surface area contributed by atoms with E-state index in [1.54, 1.807) is 0 Å². The molecule has 0 amide bonds. The van der Waals surface area contributed by atoms with E-state index in [0.717, 1.165) is 19.7 Å². The first-order valence-electron chi connectivity index (χ1n) is 7.28. The Morgan fingerprint density at radius 2 is 1.89 bits per heavy atom. The van der Waals surface area contributed by atoms with Crippen LogP contribution in [-0.4, -0.2) is 28.0 Å². The molecule has 0 radical (unpaired) electrons. The van der Waals surface area contributed by atoms with E-state index >= 15 is 0 Å². The van der Waals surface area contributed by atoms with Crippen LogP contribution in [0.5, 0.6) is 0 Å². The van der Waals surface area contributed by atoms with Crippen molar-refractivity contribution in [3.8, 4) is 0 Å². The van der Waals surface area contributed by atoms with Gasteiger partial charge in [-0.05, 0) is 36.2 Å². The topological polar surface area (TPSA) is 12.5 Å². The van der Waals surface area contributed by atoms with E-state index in [4.69, 9.17) is 4.43 Å². The molecule has 0 saturated carbocycles.